The van der Waals surface area contributed by atoms with Crippen LogP contribution >= 0.6 is 0 Å². The summed E-state index contributed by atoms with van der Waals surface area (Å²) in [6.07, 6.45) is 2.74. The molecule has 1 atom stereocenters. The van der Waals surface area contributed by atoms with Gasteiger partial charge in [-0.1, -0.05) is 19.9 Å². The first kappa shape index (κ1) is 12.5. The van der Waals surface area contributed by atoms with Gasteiger partial charge in [-0.05, 0) is 47.9 Å². The highest BCUT2D eigenvalue weighted by atomic mass is 15.5. The van der Waals surface area contributed by atoms with Crippen LogP contribution in [0.2, 0.25) is 0 Å². The third-order valence-corrected chi connectivity index (χ3v) is 2.70. The molecule has 18 heavy (non-hydrogen) atoms. The number of anilines is 1. The van der Waals surface area contributed by atoms with Crippen molar-refractivity contribution in [2.24, 2.45) is 5.92 Å². The van der Waals surface area contributed by atoms with Gasteiger partial charge in [0, 0.05) is 11.7 Å². The molecule has 0 fully saturated rings. The molecule has 0 aliphatic carbocycles. The van der Waals surface area contributed by atoms with Crippen LogP contribution in [0.3, 0.4) is 0 Å². The van der Waals surface area contributed by atoms with Gasteiger partial charge in [0.15, 0.2) is 0 Å². The minimum absolute atomic E-state index is 0.453. The summed E-state index contributed by atoms with van der Waals surface area (Å²) < 4.78 is 1.65. The van der Waals surface area contributed by atoms with Gasteiger partial charge in [0.25, 0.3) is 0 Å². The molecular weight excluding hydrogens is 226 g/mol. The van der Waals surface area contributed by atoms with Gasteiger partial charge in [-0.25, -0.2) is 4.68 Å². The molecule has 1 aromatic heterocycles. The minimum Gasteiger partial charge on any atom is -0.383 e. The van der Waals surface area contributed by atoms with E-state index in [2.05, 4.69) is 47.7 Å². The molecule has 0 saturated carbocycles. The fourth-order valence-electron chi connectivity index (χ4n) is 2.07. The van der Waals surface area contributed by atoms with Crippen LogP contribution < -0.4 is 5.32 Å². The van der Waals surface area contributed by atoms with Gasteiger partial charge in [-0.15, -0.1) is 5.10 Å². The zero-order valence-corrected chi connectivity index (χ0v) is 11.0. The average molecular weight is 245 g/mol. The quantitative estimate of drug-likeness (QED) is 0.879. The molecule has 2 aromatic rings. The van der Waals surface area contributed by atoms with Crippen LogP contribution in [-0.2, 0) is 0 Å². The van der Waals surface area contributed by atoms with E-state index in [0.29, 0.717) is 12.0 Å². The molecule has 1 aromatic carbocycles. The molecule has 0 spiro atoms. The van der Waals surface area contributed by atoms with Crippen LogP contribution in [0.4, 0.5) is 5.69 Å². The highest BCUT2D eigenvalue weighted by Gasteiger charge is 2.06. The van der Waals surface area contributed by atoms with Gasteiger partial charge in [-0.2, -0.15) is 0 Å². The first-order valence-electron chi connectivity index (χ1n) is 6.25. The molecule has 0 aliphatic heterocycles. The summed E-state index contributed by atoms with van der Waals surface area (Å²) in [5, 5.41) is 14.7. The van der Waals surface area contributed by atoms with Gasteiger partial charge in [0.2, 0.25) is 0 Å². The third kappa shape index (κ3) is 3.29. The minimum atomic E-state index is 0.453. The molecule has 1 N–H and O–H groups in total. The summed E-state index contributed by atoms with van der Waals surface area (Å²) >= 11 is 0. The van der Waals surface area contributed by atoms with Gasteiger partial charge in [0.05, 0.1) is 5.69 Å². The van der Waals surface area contributed by atoms with Crippen LogP contribution in [0.1, 0.15) is 27.2 Å². The van der Waals surface area contributed by atoms with E-state index in [1.165, 1.54) is 0 Å². The van der Waals surface area contributed by atoms with Crippen molar-refractivity contribution in [1.82, 2.24) is 20.2 Å². The number of rotatable bonds is 5. The Morgan fingerprint density at radius 2 is 2.11 bits per heavy atom. The van der Waals surface area contributed by atoms with Crippen LogP contribution in [0, 0.1) is 5.92 Å². The fourth-order valence-corrected chi connectivity index (χ4v) is 2.07. The predicted octanol–water partition coefficient (Wildman–Crippen LogP) is 2.51. The Morgan fingerprint density at radius 3 is 2.78 bits per heavy atom. The molecule has 1 heterocycles. The monoisotopic (exact) mass is 245 g/mol. The Hall–Kier alpha value is -1.91. The summed E-state index contributed by atoms with van der Waals surface area (Å²) in [5.74, 6) is 0.690. The Bertz CT molecular complexity index is 478. The van der Waals surface area contributed by atoms with E-state index in [1.54, 1.807) is 11.0 Å². The number of benzene rings is 1. The first-order chi connectivity index (χ1) is 8.65. The van der Waals surface area contributed by atoms with Crippen LogP contribution in [0.15, 0.2) is 30.6 Å². The maximum atomic E-state index is 3.88. The molecule has 0 aliphatic rings. The SMILES string of the molecule is CC(C)CC(C)Nc1cccc(-n2cnnn2)c1. The predicted molar refractivity (Wildman–Crippen MR) is 71.7 cm³/mol. The Labute approximate surface area is 107 Å². The second kappa shape index (κ2) is 5.62. The molecule has 0 amide bonds. The van der Waals surface area contributed by atoms with Crippen molar-refractivity contribution in [3.63, 3.8) is 0 Å². The van der Waals surface area contributed by atoms with E-state index in [4.69, 9.17) is 0 Å². The third-order valence-electron chi connectivity index (χ3n) is 2.70. The standard InChI is InChI=1S/C13H19N5/c1-10(2)7-11(3)15-12-5-4-6-13(8-12)18-9-14-16-17-18/h4-6,8-11,15H,7H2,1-3H3. The topological polar surface area (TPSA) is 55.6 Å². The molecular formula is C13H19N5. The van der Waals surface area contributed by atoms with Crippen molar-refractivity contribution in [3.8, 4) is 5.69 Å². The van der Waals surface area contributed by atoms with Crippen molar-refractivity contribution in [2.45, 2.75) is 33.2 Å². The average Bonchev–Trinajstić information content (AvgIpc) is 2.81. The van der Waals surface area contributed by atoms with Crippen molar-refractivity contribution < 1.29 is 0 Å². The second-order valence-electron chi connectivity index (χ2n) is 4.98. The lowest BCUT2D eigenvalue weighted by molar-refractivity contribution is 0.540. The van der Waals surface area contributed by atoms with E-state index < -0.39 is 0 Å². The Balaban J connectivity index is 2.08. The van der Waals surface area contributed by atoms with Gasteiger partial charge < -0.3 is 5.32 Å². The van der Waals surface area contributed by atoms with Gasteiger partial charge in [0.1, 0.15) is 6.33 Å². The number of nitrogens with one attached hydrogen (secondary N) is 1. The maximum absolute atomic E-state index is 3.88. The zero-order valence-electron chi connectivity index (χ0n) is 11.0. The van der Waals surface area contributed by atoms with Crippen LogP contribution in [0.5, 0.6) is 0 Å². The number of nitrogens with zero attached hydrogens (tertiary/aromatic N) is 4. The summed E-state index contributed by atoms with van der Waals surface area (Å²) in [7, 11) is 0. The van der Waals surface area contributed by atoms with Crippen LogP contribution in [0.25, 0.3) is 5.69 Å². The van der Waals surface area contributed by atoms with Crippen molar-refractivity contribution >= 4 is 5.69 Å². The van der Waals surface area contributed by atoms with E-state index in [0.717, 1.165) is 17.8 Å². The summed E-state index contributed by atoms with van der Waals surface area (Å²) in [6, 6.07) is 8.54. The fraction of sp³-hybridized carbons (Fsp3) is 0.462. The van der Waals surface area contributed by atoms with Crippen LogP contribution in [-0.4, -0.2) is 26.2 Å². The maximum Gasteiger partial charge on any atom is 0.143 e. The highest BCUT2D eigenvalue weighted by molar-refractivity contribution is 5.51. The molecule has 2 rings (SSSR count). The lowest BCUT2D eigenvalue weighted by atomic mass is 10.1. The second-order valence-corrected chi connectivity index (χ2v) is 4.98. The first-order valence-corrected chi connectivity index (χ1v) is 6.25. The molecule has 5 heteroatoms. The number of tetrazole rings is 1. The van der Waals surface area contributed by atoms with Crippen molar-refractivity contribution in [3.05, 3.63) is 30.6 Å². The van der Waals surface area contributed by atoms with Gasteiger partial charge in [-0.3, -0.25) is 0 Å². The van der Waals surface area contributed by atoms with Crippen molar-refractivity contribution in [2.75, 3.05) is 5.32 Å². The molecule has 0 bridgehead atoms. The number of hydrogen-bond acceptors (Lipinski definition) is 4. The highest BCUT2D eigenvalue weighted by Crippen LogP contribution is 2.16. The Morgan fingerprint density at radius 1 is 1.28 bits per heavy atom. The number of aromatic nitrogens is 4. The molecule has 1 unspecified atom stereocenters. The van der Waals surface area contributed by atoms with Gasteiger partial charge >= 0.3 is 0 Å². The van der Waals surface area contributed by atoms with E-state index in [1.807, 2.05) is 18.2 Å². The lowest BCUT2D eigenvalue weighted by Crippen LogP contribution is -2.17. The molecule has 5 nitrogen and oxygen atoms in total. The molecule has 96 valence electrons. The zero-order chi connectivity index (χ0) is 13.0. The molecule has 0 radical (unpaired) electrons. The normalized spacial score (nSPS) is 12.7. The van der Waals surface area contributed by atoms with Crippen molar-refractivity contribution in [1.29, 1.82) is 0 Å². The summed E-state index contributed by atoms with van der Waals surface area (Å²) in [6.45, 7) is 6.66. The largest absolute Gasteiger partial charge is 0.383 e. The Kier molecular flexibility index (Phi) is 3.92. The van der Waals surface area contributed by atoms with E-state index in [9.17, 15) is 0 Å². The lowest BCUT2D eigenvalue weighted by Gasteiger charge is -2.17. The molecule has 0 saturated heterocycles. The summed E-state index contributed by atoms with van der Waals surface area (Å²) in [5.41, 5.74) is 2.05. The number of hydrogen-bond donors (Lipinski definition) is 1. The summed E-state index contributed by atoms with van der Waals surface area (Å²) in [4.78, 5) is 0. The smallest absolute Gasteiger partial charge is 0.143 e. The van der Waals surface area contributed by atoms with E-state index >= 15 is 0 Å². The van der Waals surface area contributed by atoms with E-state index in [-0.39, 0.29) is 0 Å².